The van der Waals surface area contributed by atoms with Crippen molar-refractivity contribution in [2.75, 3.05) is 10.0 Å². The molecule has 0 spiro atoms. The highest BCUT2D eigenvalue weighted by Crippen LogP contribution is 2.26. The van der Waals surface area contributed by atoms with Gasteiger partial charge in [0, 0.05) is 16.9 Å². The maximum atomic E-state index is 12.8. The maximum Gasteiger partial charge on any atom is 0.263 e. The van der Waals surface area contributed by atoms with Crippen LogP contribution < -0.4 is 10.0 Å². The third-order valence-corrected chi connectivity index (χ3v) is 6.28. The zero-order chi connectivity index (χ0) is 21.2. The number of benzene rings is 3. The Balaban J connectivity index is 1.88. The predicted molar refractivity (Wildman–Crippen MR) is 117 cm³/mol. The lowest BCUT2D eigenvalue weighted by molar-refractivity contribution is 0.102. The molecule has 3 aromatic rings. The van der Waals surface area contributed by atoms with Gasteiger partial charge in [0.2, 0.25) is 0 Å². The molecular formula is C22H21ClN2O3S. The third kappa shape index (κ3) is 4.96. The maximum absolute atomic E-state index is 12.8. The van der Waals surface area contributed by atoms with Crippen molar-refractivity contribution in [1.82, 2.24) is 0 Å². The molecule has 1 amide bonds. The van der Waals surface area contributed by atoms with E-state index in [1.54, 1.807) is 24.3 Å². The molecule has 0 aliphatic carbocycles. The van der Waals surface area contributed by atoms with Crippen LogP contribution in [0.25, 0.3) is 0 Å². The largest absolute Gasteiger partial charge is 0.322 e. The molecule has 29 heavy (non-hydrogen) atoms. The second-order valence-corrected chi connectivity index (χ2v) is 8.95. The van der Waals surface area contributed by atoms with Crippen LogP contribution in [0.2, 0.25) is 5.02 Å². The molecule has 0 radical (unpaired) electrons. The summed E-state index contributed by atoms with van der Waals surface area (Å²) in [7, 11) is -3.96. The number of hydrogen-bond donors (Lipinski definition) is 2. The van der Waals surface area contributed by atoms with Gasteiger partial charge >= 0.3 is 0 Å². The molecule has 0 saturated carbocycles. The first kappa shape index (κ1) is 20.9. The van der Waals surface area contributed by atoms with E-state index in [4.69, 9.17) is 11.6 Å². The minimum absolute atomic E-state index is 0.0349. The number of carbonyl (C=O) groups is 1. The molecule has 0 aliphatic heterocycles. The first-order valence-corrected chi connectivity index (χ1v) is 10.8. The van der Waals surface area contributed by atoms with E-state index in [1.807, 2.05) is 39.0 Å². The van der Waals surface area contributed by atoms with Crippen LogP contribution >= 0.6 is 11.6 Å². The summed E-state index contributed by atoms with van der Waals surface area (Å²) in [5.41, 5.74) is 4.29. The lowest BCUT2D eigenvalue weighted by Gasteiger charge is -2.12. The molecular weight excluding hydrogens is 408 g/mol. The number of sulfonamides is 1. The average molecular weight is 429 g/mol. The average Bonchev–Trinajstić information content (AvgIpc) is 2.66. The molecule has 3 aromatic carbocycles. The van der Waals surface area contributed by atoms with E-state index >= 15 is 0 Å². The summed E-state index contributed by atoms with van der Waals surface area (Å²) in [6.45, 7) is 5.77. The molecule has 3 rings (SSSR count). The molecule has 0 aliphatic rings. The van der Waals surface area contributed by atoms with Crippen LogP contribution in [0.4, 0.5) is 11.4 Å². The van der Waals surface area contributed by atoms with E-state index in [0.717, 1.165) is 16.7 Å². The van der Waals surface area contributed by atoms with Gasteiger partial charge in [-0.05, 0) is 62.7 Å². The van der Waals surface area contributed by atoms with Crippen molar-refractivity contribution in [2.24, 2.45) is 0 Å². The standard InChI is InChI=1S/C22H21ClN2O3S/c1-14-4-8-18(9-5-14)25-29(27,28)21-13-17(7-10-19(21)23)22(26)24-20-11-6-15(2)12-16(20)3/h4-13,25H,1-3H3,(H,24,26). The van der Waals surface area contributed by atoms with E-state index in [-0.39, 0.29) is 15.5 Å². The van der Waals surface area contributed by atoms with Gasteiger partial charge in [-0.25, -0.2) is 8.42 Å². The lowest BCUT2D eigenvalue weighted by Crippen LogP contribution is -2.17. The van der Waals surface area contributed by atoms with Crippen LogP contribution in [-0.4, -0.2) is 14.3 Å². The van der Waals surface area contributed by atoms with Crippen LogP contribution in [0, 0.1) is 20.8 Å². The Morgan fingerprint density at radius 1 is 0.862 bits per heavy atom. The number of carbonyl (C=O) groups excluding carboxylic acids is 1. The Bertz CT molecular complexity index is 1170. The third-order valence-electron chi connectivity index (χ3n) is 4.42. The van der Waals surface area contributed by atoms with Crippen molar-refractivity contribution in [3.63, 3.8) is 0 Å². The van der Waals surface area contributed by atoms with Crippen molar-refractivity contribution >= 4 is 38.9 Å². The Morgan fingerprint density at radius 2 is 1.52 bits per heavy atom. The van der Waals surface area contributed by atoms with Crippen LogP contribution in [0.3, 0.4) is 0 Å². The Hall–Kier alpha value is -2.83. The number of amides is 1. The molecule has 2 N–H and O–H groups in total. The van der Waals surface area contributed by atoms with Crippen molar-refractivity contribution in [1.29, 1.82) is 0 Å². The second kappa shape index (κ2) is 8.27. The minimum Gasteiger partial charge on any atom is -0.322 e. The molecule has 0 aromatic heterocycles. The molecule has 7 heteroatoms. The summed E-state index contributed by atoms with van der Waals surface area (Å²) >= 11 is 6.13. The number of rotatable bonds is 5. The highest BCUT2D eigenvalue weighted by atomic mass is 35.5. The van der Waals surface area contributed by atoms with Gasteiger partial charge < -0.3 is 5.32 Å². The van der Waals surface area contributed by atoms with Crippen LogP contribution in [0.15, 0.2) is 65.6 Å². The number of nitrogens with one attached hydrogen (secondary N) is 2. The zero-order valence-corrected chi connectivity index (χ0v) is 17.9. The first-order chi connectivity index (χ1) is 13.7. The molecule has 0 atom stereocenters. The second-order valence-electron chi connectivity index (χ2n) is 6.89. The molecule has 0 bridgehead atoms. The molecule has 150 valence electrons. The smallest absolute Gasteiger partial charge is 0.263 e. The minimum atomic E-state index is -3.96. The monoisotopic (exact) mass is 428 g/mol. The Labute approximate surface area is 175 Å². The lowest BCUT2D eigenvalue weighted by atomic mass is 10.1. The van der Waals surface area contributed by atoms with E-state index in [0.29, 0.717) is 11.4 Å². The molecule has 5 nitrogen and oxygen atoms in total. The first-order valence-electron chi connectivity index (χ1n) is 8.93. The van der Waals surface area contributed by atoms with E-state index in [1.165, 1.54) is 18.2 Å². The fraction of sp³-hybridized carbons (Fsp3) is 0.136. The summed E-state index contributed by atoms with van der Waals surface area (Å²) in [6.07, 6.45) is 0. The van der Waals surface area contributed by atoms with Gasteiger partial charge in [-0.15, -0.1) is 0 Å². The highest BCUT2D eigenvalue weighted by Gasteiger charge is 2.21. The van der Waals surface area contributed by atoms with Gasteiger partial charge in [0.25, 0.3) is 15.9 Å². The van der Waals surface area contributed by atoms with Crippen LogP contribution in [0.1, 0.15) is 27.0 Å². The van der Waals surface area contributed by atoms with Gasteiger partial charge in [-0.1, -0.05) is 47.0 Å². The quantitative estimate of drug-likeness (QED) is 0.577. The van der Waals surface area contributed by atoms with E-state index < -0.39 is 15.9 Å². The predicted octanol–water partition coefficient (Wildman–Crippen LogP) is 5.32. The summed E-state index contributed by atoms with van der Waals surface area (Å²) in [6, 6.07) is 16.8. The fourth-order valence-corrected chi connectivity index (χ4v) is 4.42. The van der Waals surface area contributed by atoms with Gasteiger partial charge in [0.15, 0.2) is 0 Å². The van der Waals surface area contributed by atoms with Crippen LogP contribution in [0.5, 0.6) is 0 Å². The molecule has 0 fully saturated rings. The summed E-state index contributed by atoms with van der Waals surface area (Å²) in [5.74, 6) is -0.416. The van der Waals surface area contributed by atoms with Gasteiger partial charge in [0.05, 0.1) is 5.02 Å². The number of aryl methyl sites for hydroxylation is 3. The van der Waals surface area contributed by atoms with Gasteiger partial charge in [0.1, 0.15) is 4.90 Å². The number of hydrogen-bond acceptors (Lipinski definition) is 3. The summed E-state index contributed by atoms with van der Waals surface area (Å²) in [5, 5.41) is 2.85. The molecule has 0 unspecified atom stereocenters. The van der Waals surface area contributed by atoms with Crippen LogP contribution in [-0.2, 0) is 10.0 Å². The highest BCUT2D eigenvalue weighted by molar-refractivity contribution is 7.92. The van der Waals surface area contributed by atoms with Crippen molar-refractivity contribution in [3.05, 3.63) is 87.9 Å². The van der Waals surface area contributed by atoms with Crippen molar-refractivity contribution in [2.45, 2.75) is 25.7 Å². The van der Waals surface area contributed by atoms with E-state index in [9.17, 15) is 13.2 Å². The normalized spacial score (nSPS) is 11.2. The number of halogens is 1. The molecule has 0 heterocycles. The Kier molecular flexibility index (Phi) is 5.96. The van der Waals surface area contributed by atoms with Crippen molar-refractivity contribution < 1.29 is 13.2 Å². The van der Waals surface area contributed by atoms with E-state index in [2.05, 4.69) is 10.0 Å². The molecule has 0 saturated heterocycles. The van der Waals surface area contributed by atoms with Gasteiger partial charge in [-0.3, -0.25) is 9.52 Å². The summed E-state index contributed by atoms with van der Waals surface area (Å²) in [4.78, 5) is 12.5. The zero-order valence-electron chi connectivity index (χ0n) is 16.3. The SMILES string of the molecule is Cc1ccc(NS(=O)(=O)c2cc(C(=O)Nc3ccc(C)cc3C)ccc2Cl)cc1. The fourth-order valence-electron chi connectivity index (χ4n) is 2.83. The Morgan fingerprint density at radius 3 is 2.17 bits per heavy atom. The van der Waals surface area contributed by atoms with Gasteiger partial charge in [-0.2, -0.15) is 0 Å². The number of anilines is 2. The van der Waals surface area contributed by atoms with Crippen molar-refractivity contribution in [3.8, 4) is 0 Å². The topological polar surface area (TPSA) is 75.3 Å². The summed E-state index contributed by atoms with van der Waals surface area (Å²) < 4.78 is 28.1.